The zero-order valence-corrected chi connectivity index (χ0v) is 17.0. The summed E-state index contributed by atoms with van der Waals surface area (Å²) in [5.41, 5.74) is 0.581. The molecule has 1 aliphatic rings. The summed E-state index contributed by atoms with van der Waals surface area (Å²) < 4.78 is 45.4. The SMILES string of the molecule is COCc1c(C(=O)N2CCCC(CNS(C)(=O)=O)C2)sc2cccc(F)c12. The van der Waals surface area contributed by atoms with E-state index in [1.807, 2.05) is 0 Å². The van der Waals surface area contributed by atoms with E-state index in [1.165, 1.54) is 24.5 Å². The van der Waals surface area contributed by atoms with E-state index < -0.39 is 10.0 Å². The Hall–Kier alpha value is -1.55. The Balaban J connectivity index is 1.84. The number of carbonyl (C=O) groups is 1. The van der Waals surface area contributed by atoms with Crippen LogP contribution in [-0.2, 0) is 21.4 Å². The van der Waals surface area contributed by atoms with Gasteiger partial charge in [-0.3, -0.25) is 4.79 Å². The second kappa shape index (κ2) is 8.22. The highest BCUT2D eigenvalue weighted by atomic mass is 32.2. The number of halogens is 1. The topological polar surface area (TPSA) is 75.7 Å². The van der Waals surface area contributed by atoms with E-state index in [-0.39, 0.29) is 24.2 Å². The summed E-state index contributed by atoms with van der Waals surface area (Å²) in [5.74, 6) is -0.440. The summed E-state index contributed by atoms with van der Waals surface area (Å²) in [5, 5.41) is 0.444. The molecule has 1 fully saturated rings. The van der Waals surface area contributed by atoms with Crippen molar-refractivity contribution in [1.29, 1.82) is 0 Å². The molecule has 6 nitrogen and oxygen atoms in total. The van der Waals surface area contributed by atoms with Crippen LogP contribution in [0, 0.1) is 11.7 Å². The molecule has 9 heteroatoms. The molecule has 0 bridgehead atoms. The van der Waals surface area contributed by atoms with Crippen molar-refractivity contribution < 1.29 is 22.3 Å². The van der Waals surface area contributed by atoms with E-state index in [0.717, 1.165) is 23.8 Å². The van der Waals surface area contributed by atoms with E-state index in [1.54, 1.807) is 17.0 Å². The summed E-state index contributed by atoms with van der Waals surface area (Å²) in [6, 6.07) is 4.82. The molecule has 1 N–H and O–H groups in total. The van der Waals surface area contributed by atoms with Crippen molar-refractivity contribution in [2.45, 2.75) is 19.4 Å². The highest BCUT2D eigenvalue weighted by Crippen LogP contribution is 2.35. The smallest absolute Gasteiger partial charge is 0.264 e. The minimum absolute atomic E-state index is 0.0643. The fourth-order valence-electron chi connectivity index (χ4n) is 3.45. The molecule has 2 heterocycles. The van der Waals surface area contributed by atoms with Crippen LogP contribution in [0.15, 0.2) is 18.2 Å². The van der Waals surface area contributed by atoms with Crippen LogP contribution in [0.25, 0.3) is 10.1 Å². The van der Waals surface area contributed by atoms with Crippen molar-refractivity contribution in [2.24, 2.45) is 5.92 Å². The molecule has 1 aromatic heterocycles. The number of benzene rings is 1. The third kappa shape index (κ3) is 4.66. The molecule has 148 valence electrons. The van der Waals surface area contributed by atoms with Crippen LogP contribution in [0.5, 0.6) is 0 Å². The first kappa shape index (κ1) is 20.2. The number of methoxy groups -OCH3 is 1. The maximum Gasteiger partial charge on any atom is 0.264 e. The van der Waals surface area contributed by atoms with Crippen LogP contribution in [0.3, 0.4) is 0 Å². The Labute approximate surface area is 162 Å². The Morgan fingerprint density at radius 2 is 2.22 bits per heavy atom. The van der Waals surface area contributed by atoms with Gasteiger partial charge in [-0.05, 0) is 30.9 Å². The second-order valence-electron chi connectivity index (χ2n) is 6.84. The fourth-order valence-corrected chi connectivity index (χ4v) is 5.18. The van der Waals surface area contributed by atoms with Gasteiger partial charge >= 0.3 is 0 Å². The van der Waals surface area contributed by atoms with Gasteiger partial charge in [0.25, 0.3) is 5.91 Å². The van der Waals surface area contributed by atoms with Crippen molar-refractivity contribution in [3.05, 3.63) is 34.5 Å². The molecule has 1 unspecified atom stereocenters. The van der Waals surface area contributed by atoms with Gasteiger partial charge in [0, 0.05) is 42.4 Å². The summed E-state index contributed by atoms with van der Waals surface area (Å²) in [6.45, 7) is 1.56. The van der Waals surface area contributed by atoms with Gasteiger partial charge in [-0.15, -0.1) is 11.3 Å². The number of nitrogens with one attached hydrogen (secondary N) is 1. The third-order valence-corrected chi connectivity index (χ3v) is 6.56. The zero-order chi connectivity index (χ0) is 19.6. The predicted octanol–water partition coefficient (Wildman–Crippen LogP) is 2.59. The number of likely N-dealkylation sites (tertiary alicyclic amines) is 1. The Kier molecular flexibility index (Phi) is 6.15. The molecule has 3 rings (SSSR count). The van der Waals surface area contributed by atoms with Gasteiger partial charge < -0.3 is 9.64 Å². The van der Waals surface area contributed by atoms with Crippen LogP contribution in [-0.4, -0.2) is 52.2 Å². The van der Waals surface area contributed by atoms with Gasteiger partial charge in [0.1, 0.15) is 5.82 Å². The van der Waals surface area contributed by atoms with E-state index in [2.05, 4.69) is 4.72 Å². The summed E-state index contributed by atoms with van der Waals surface area (Å²) >= 11 is 1.28. The molecule has 1 aromatic carbocycles. The van der Waals surface area contributed by atoms with E-state index in [9.17, 15) is 17.6 Å². The lowest BCUT2D eigenvalue weighted by Gasteiger charge is -2.32. The van der Waals surface area contributed by atoms with Crippen molar-refractivity contribution in [1.82, 2.24) is 9.62 Å². The van der Waals surface area contributed by atoms with Crippen LogP contribution in [0.4, 0.5) is 4.39 Å². The van der Waals surface area contributed by atoms with Gasteiger partial charge in [-0.1, -0.05) is 6.07 Å². The molecule has 0 radical (unpaired) electrons. The van der Waals surface area contributed by atoms with Crippen molar-refractivity contribution >= 4 is 37.4 Å². The van der Waals surface area contributed by atoms with Gasteiger partial charge in [0.2, 0.25) is 10.0 Å². The molecular weight excluding hydrogens is 391 g/mol. The highest BCUT2D eigenvalue weighted by molar-refractivity contribution is 7.88. The van der Waals surface area contributed by atoms with Gasteiger partial charge in [0.05, 0.1) is 17.7 Å². The third-order valence-electron chi connectivity index (χ3n) is 4.69. The van der Waals surface area contributed by atoms with Crippen molar-refractivity contribution in [2.75, 3.05) is 33.0 Å². The van der Waals surface area contributed by atoms with Crippen LogP contribution in [0.2, 0.25) is 0 Å². The maximum atomic E-state index is 14.3. The predicted molar refractivity (Wildman–Crippen MR) is 104 cm³/mol. The fraction of sp³-hybridized carbons (Fsp3) is 0.500. The molecule has 0 aliphatic carbocycles. The first-order chi connectivity index (χ1) is 12.8. The summed E-state index contributed by atoms with van der Waals surface area (Å²) in [7, 11) is -1.74. The maximum absolute atomic E-state index is 14.3. The van der Waals surface area contributed by atoms with Crippen molar-refractivity contribution in [3.8, 4) is 0 Å². The average Bonchev–Trinajstić information content (AvgIpc) is 2.99. The van der Waals surface area contributed by atoms with Gasteiger partial charge in [-0.2, -0.15) is 0 Å². The number of nitrogens with zero attached hydrogens (tertiary/aromatic N) is 1. The van der Waals surface area contributed by atoms with Crippen LogP contribution >= 0.6 is 11.3 Å². The number of ether oxygens (including phenoxy) is 1. The molecule has 0 spiro atoms. The minimum atomic E-state index is -3.26. The number of carbonyl (C=O) groups excluding carboxylic acids is 1. The second-order valence-corrected chi connectivity index (χ2v) is 9.72. The summed E-state index contributed by atoms with van der Waals surface area (Å²) in [4.78, 5) is 15.4. The van der Waals surface area contributed by atoms with Gasteiger partial charge in [-0.25, -0.2) is 17.5 Å². The Morgan fingerprint density at radius 1 is 1.44 bits per heavy atom. The molecule has 1 amide bonds. The lowest BCUT2D eigenvalue weighted by molar-refractivity contribution is 0.0677. The number of hydrogen-bond acceptors (Lipinski definition) is 5. The Morgan fingerprint density at radius 3 is 2.93 bits per heavy atom. The number of hydrogen-bond donors (Lipinski definition) is 1. The monoisotopic (exact) mass is 414 g/mol. The lowest BCUT2D eigenvalue weighted by atomic mass is 9.98. The largest absolute Gasteiger partial charge is 0.380 e. The number of thiophene rings is 1. The van der Waals surface area contributed by atoms with E-state index in [0.29, 0.717) is 35.5 Å². The number of piperidine rings is 1. The number of fused-ring (bicyclic) bond motifs is 1. The summed E-state index contributed by atoms with van der Waals surface area (Å²) in [6.07, 6.45) is 2.79. The molecule has 1 aliphatic heterocycles. The first-order valence-electron chi connectivity index (χ1n) is 8.73. The number of sulfonamides is 1. The average molecular weight is 415 g/mol. The van der Waals surface area contributed by atoms with Crippen LogP contribution in [0.1, 0.15) is 28.1 Å². The molecule has 1 atom stereocenters. The normalized spacial score (nSPS) is 18.2. The quantitative estimate of drug-likeness (QED) is 0.788. The minimum Gasteiger partial charge on any atom is -0.380 e. The molecule has 1 saturated heterocycles. The standard InChI is InChI=1S/C18H23FN2O4S2/c1-25-11-13-16-14(19)6-3-7-15(16)26-17(13)18(22)21-8-4-5-12(10-21)9-20-27(2,23)24/h3,6-7,12,20H,4-5,8-11H2,1-2H3. The van der Waals surface area contributed by atoms with E-state index >= 15 is 0 Å². The zero-order valence-electron chi connectivity index (χ0n) is 15.3. The van der Waals surface area contributed by atoms with E-state index in [4.69, 9.17) is 4.74 Å². The number of amides is 1. The van der Waals surface area contributed by atoms with Crippen molar-refractivity contribution in [3.63, 3.8) is 0 Å². The van der Waals surface area contributed by atoms with Gasteiger partial charge in [0.15, 0.2) is 0 Å². The lowest BCUT2D eigenvalue weighted by Crippen LogP contribution is -2.43. The Bertz CT molecular complexity index is 942. The molecular formula is C18H23FN2O4S2. The number of rotatable bonds is 6. The highest BCUT2D eigenvalue weighted by Gasteiger charge is 2.29. The molecule has 0 saturated carbocycles. The molecule has 27 heavy (non-hydrogen) atoms. The van der Waals surface area contributed by atoms with Crippen LogP contribution < -0.4 is 4.72 Å². The first-order valence-corrected chi connectivity index (χ1v) is 11.4. The molecule has 2 aromatic rings.